The van der Waals surface area contributed by atoms with Gasteiger partial charge >= 0.3 is 5.97 Å². The molecule has 0 spiro atoms. The molecule has 1 heterocycles. The standard InChI is InChI=1S/C13H12N2O3/c1-9-4-2-5-10(13(16)17)12(9)18-8-11-14-6-3-7-15-11/h2-7H,8H2,1H3,(H,16,17). The number of carboxylic acids is 1. The third-order valence-corrected chi connectivity index (χ3v) is 2.41. The van der Waals surface area contributed by atoms with Crippen molar-refractivity contribution < 1.29 is 14.6 Å². The van der Waals surface area contributed by atoms with Crippen LogP contribution in [0.25, 0.3) is 0 Å². The van der Waals surface area contributed by atoms with Gasteiger partial charge in [-0.2, -0.15) is 0 Å². The summed E-state index contributed by atoms with van der Waals surface area (Å²) in [5.74, 6) is -0.141. The highest BCUT2D eigenvalue weighted by Crippen LogP contribution is 2.24. The van der Waals surface area contributed by atoms with Crippen LogP contribution >= 0.6 is 0 Å². The number of hydrogen-bond donors (Lipinski definition) is 1. The Morgan fingerprint density at radius 1 is 1.28 bits per heavy atom. The van der Waals surface area contributed by atoms with Crippen molar-refractivity contribution in [3.05, 3.63) is 53.6 Å². The van der Waals surface area contributed by atoms with Crippen molar-refractivity contribution in [2.75, 3.05) is 0 Å². The average Bonchev–Trinajstić information content (AvgIpc) is 2.38. The molecule has 2 rings (SSSR count). The third-order valence-electron chi connectivity index (χ3n) is 2.41. The molecule has 92 valence electrons. The molecule has 0 saturated heterocycles. The second-order valence-corrected chi connectivity index (χ2v) is 3.71. The van der Waals surface area contributed by atoms with Gasteiger partial charge in [-0.05, 0) is 24.6 Å². The number of benzene rings is 1. The quantitative estimate of drug-likeness (QED) is 0.891. The number of aryl methyl sites for hydroxylation is 1. The highest BCUT2D eigenvalue weighted by molar-refractivity contribution is 5.91. The number of carbonyl (C=O) groups is 1. The van der Waals surface area contributed by atoms with Crippen molar-refractivity contribution in [3.63, 3.8) is 0 Å². The number of hydrogen-bond acceptors (Lipinski definition) is 4. The lowest BCUT2D eigenvalue weighted by atomic mass is 10.1. The van der Waals surface area contributed by atoms with Gasteiger partial charge in [-0.25, -0.2) is 14.8 Å². The van der Waals surface area contributed by atoms with E-state index in [9.17, 15) is 4.79 Å². The topological polar surface area (TPSA) is 72.3 Å². The molecule has 0 unspecified atom stereocenters. The number of rotatable bonds is 4. The number of aromatic nitrogens is 2. The first-order chi connectivity index (χ1) is 8.68. The van der Waals surface area contributed by atoms with Gasteiger partial charge in [0.15, 0.2) is 5.82 Å². The van der Waals surface area contributed by atoms with Crippen LogP contribution in [0, 0.1) is 6.92 Å². The number of ether oxygens (including phenoxy) is 1. The Kier molecular flexibility index (Phi) is 3.52. The fourth-order valence-electron chi connectivity index (χ4n) is 1.55. The van der Waals surface area contributed by atoms with E-state index >= 15 is 0 Å². The fraction of sp³-hybridized carbons (Fsp3) is 0.154. The Bertz CT molecular complexity index is 555. The van der Waals surface area contributed by atoms with Gasteiger partial charge in [0, 0.05) is 12.4 Å². The maximum absolute atomic E-state index is 11.1. The predicted molar refractivity (Wildman–Crippen MR) is 64.5 cm³/mol. The molecular weight excluding hydrogens is 232 g/mol. The van der Waals surface area contributed by atoms with Crippen molar-refractivity contribution in [1.29, 1.82) is 0 Å². The predicted octanol–water partition coefficient (Wildman–Crippen LogP) is 2.06. The lowest BCUT2D eigenvalue weighted by Crippen LogP contribution is -2.06. The van der Waals surface area contributed by atoms with Gasteiger partial charge in [-0.15, -0.1) is 0 Å². The Morgan fingerprint density at radius 3 is 2.67 bits per heavy atom. The second-order valence-electron chi connectivity index (χ2n) is 3.71. The van der Waals surface area contributed by atoms with Gasteiger partial charge in [-0.3, -0.25) is 0 Å². The van der Waals surface area contributed by atoms with Crippen LogP contribution in [-0.4, -0.2) is 21.0 Å². The summed E-state index contributed by atoms with van der Waals surface area (Å²) >= 11 is 0. The van der Waals surface area contributed by atoms with E-state index in [0.29, 0.717) is 11.6 Å². The van der Waals surface area contributed by atoms with E-state index in [4.69, 9.17) is 9.84 Å². The minimum atomic E-state index is -1.01. The molecule has 0 aliphatic carbocycles. The Hall–Kier alpha value is -2.43. The van der Waals surface area contributed by atoms with Crippen LogP contribution in [-0.2, 0) is 6.61 Å². The Balaban J connectivity index is 2.21. The van der Waals surface area contributed by atoms with Crippen LogP contribution in [0.15, 0.2) is 36.7 Å². The molecule has 18 heavy (non-hydrogen) atoms. The van der Waals surface area contributed by atoms with Crippen LogP contribution < -0.4 is 4.74 Å². The van der Waals surface area contributed by atoms with Crippen molar-refractivity contribution in [1.82, 2.24) is 9.97 Å². The molecule has 0 fully saturated rings. The molecule has 0 atom stereocenters. The molecule has 0 amide bonds. The van der Waals surface area contributed by atoms with Crippen LogP contribution in [0.1, 0.15) is 21.7 Å². The Labute approximate surface area is 104 Å². The van der Waals surface area contributed by atoms with Gasteiger partial charge in [0.05, 0.1) is 0 Å². The fourth-order valence-corrected chi connectivity index (χ4v) is 1.55. The summed E-state index contributed by atoms with van der Waals surface area (Å²) < 4.78 is 5.51. The lowest BCUT2D eigenvalue weighted by molar-refractivity contribution is 0.0691. The van der Waals surface area contributed by atoms with Crippen LogP contribution in [0.4, 0.5) is 0 Å². The molecule has 5 heteroatoms. The van der Waals surface area contributed by atoms with Gasteiger partial charge in [-0.1, -0.05) is 12.1 Å². The van der Waals surface area contributed by atoms with E-state index in [2.05, 4.69) is 9.97 Å². The first-order valence-corrected chi connectivity index (χ1v) is 5.40. The molecule has 0 bridgehead atoms. The summed E-state index contributed by atoms with van der Waals surface area (Å²) in [5, 5.41) is 9.08. The monoisotopic (exact) mass is 244 g/mol. The van der Waals surface area contributed by atoms with Crippen LogP contribution in [0.3, 0.4) is 0 Å². The first kappa shape index (κ1) is 12.0. The van der Waals surface area contributed by atoms with Crippen molar-refractivity contribution in [3.8, 4) is 5.75 Å². The minimum absolute atomic E-state index is 0.144. The van der Waals surface area contributed by atoms with Crippen molar-refractivity contribution >= 4 is 5.97 Å². The molecule has 0 radical (unpaired) electrons. The van der Waals surface area contributed by atoms with E-state index in [1.54, 1.807) is 37.5 Å². The minimum Gasteiger partial charge on any atom is -0.484 e. The average molecular weight is 244 g/mol. The summed E-state index contributed by atoms with van der Waals surface area (Å²) in [6, 6.07) is 6.70. The maximum Gasteiger partial charge on any atom is 0.339 e. The number of para-hydroxylation sites is 1. The summed E-state index contributed by atoms with van der Waals surface area (Å²) in [6.45, 7) is 1.94. The van der Waals surface area contributed by atoms with Gasteiger partial charge in [0.2, 0.25) is 0 Å². The van der Waals surface area contributed by atoms with E-state index in [0.717, 1.165) is 5.56 Å². The summed E-state index contributed by atoms with van der Waals surface area (Å²) in [5.41, 5.74) is 0.914. The summed E-state index contributed by atoms with van der Waals surface area (Å²) in [6.07, 6.45) is 3.23. The third kappa shape index (κ3) is 2.63. The van der Waals surface area contributed by atoms with Crippen molar-refractivity contribution in [2.45, 2.75) is 13.5 Å². The highest BCUT2D eigenvalue weighted by atomic mass is 16.5. The van der Waals surface area contributed by atoms with E-state index in [-0.39, 0.29) is 12.2 Å². The van der Waals surface area contributed by atoms with E-state index < -0.39 is 5.97 Å². The molecule has 0 aliphatic rings. The van der Waals surface area contributed by atoms with E-state index in [1.165, 1.54) is 6.07 Å². The smallest absolute Gasteiger partial charge is 0.339 e. The zero-order valence-electron chi connectivity index (χ0n) is 9.83. The van der Waals surface area contributed by atoms with E-state index in [1.807, 2.05) is 0 Å². The maximum atomic E-state index is 11.1. The molecule has 5 nitrogen and oxygen atoms in total. The van der Waals surface area contributed by atoms with Gasteiger partial charge in [0.25, 0.3) is 0 Å². The van der Waals surface area contributed by atoms with Crippen molar-refractivity contribution in [2.24, 2.45) is 0 Å². The molecular formula is C13H12N2O3. The Morgan fingerprint density at radius 2 is 2.00 bits per heavy atom. The number of aromatic carboxylic acids is 1. The van der Waals surface area contributed by atoms with Gasteiger partial charge < -0.3 is 9.84 Å². The first-order valence-electron chi connectivity index (χ1n) is 5.40. The van der Waals surface area contributed by atoms with Gasteiger partial charge in [0.1, 0.15) is 17.9 Å². The van der Waals surface area contributed by atoms with Crippen LogP contribution in [0.5, 0.6) is 5.75 Å². The molecule has 1 aromatic carbocycles. The SMILES string of the molecule is Cc1cccc(C(=O)O)c1OCc1ncccn1. The molecule has 1 aromatic heterocycles. The second kappa shape index (κ2) is 5.27. The molecule has 0 saturated carbocycles. The normalized spacial score (nSPS) is 10.1. The summed E-state index contributed by atoms with van der Waals surface area (Å²) in [4.78, 5) is 19.1. The summed E-state index contributed by atoms with van der Waals surface area (Å²) in [7, 11) is 0. The molecule has 2 aromatic rings. The molecule has 1 N–H and O–H groups in total. The van der Waals surface area contributed by atoms with Crippen LogP contribution in [0.2, 0.25) is 0 Å². The largest absolute Gasteiger partial charge is 0.484 e. The lowest BCUT2D eigenvalue weighted by Gasteiger charge is -2.10. The number of nitrogens with zero attached hydrogens (tertiary/aromatic N) is 2. The molecule has 0 aliphatic heterocycles. The number of carboxylic acid groups (broad SMARTS) is 1. The zero-order valence-corrected chi connectivity index (χ0v) is 9.83. The zero-order chi connectivity index (χ0) is 13.0. The highest BCUT2D eigenvalue weighted by Gasteiger charge is 2.13.